The Kier molecular flexibility index (Phi) is 7.13. The molecule has 32 heavy (non-hydrogen) atoms. The molecule has 1 saturated carbocycles. The van der Waals surface area contributed by atoms with Gasteiger partial charge in [0, 0.05) is 31.0 Å². The molecule has 0 radical (unpaired) electrons. The molecule has 2 amide bonds. The maximum absolute atomic E-state index is 13.4. The summed E-state index contributed by atoms with van der Waals surface area (Å²) < 4.78 is 5.40. The van der Waals surface area contributed by atoms with Crippen molar-refractivity contribution in [3.8, 4) is 11.4 Å². The lowest BCUT2D eigenvalue weighted by Crippen LogP contribution is -2.44. The minimum atomic E-state index is -0.694. The number of ether oxygens (including phenoxy) is 1. The molecule has 8 heteroatoms. The zero-order valence-corrected chi connectivity index (χ0v) is 19.4. The van der Waals surface area contributed by atoms with Crippen LogP contribution in [0.15, 0.2) is 42.7 Å². The maximum Gasteiger partial charge on any atom is 0.407 e. The van der Waals surface area contributed by atoms with Gasteiger partial charge in [0.1, 0.15) is 5.60 Å². The Balaban J connectivity index is 1.82. The van der Waals surface area contributed by atoms with Gasteiger partial charge in [-0.2, -0.15) is 0 Å². The number of hydrogen-bond acceptors (Lipinski definition) is 6. The van der Waals surface area contributed by atoms with Crippen molar-refractivity contribution in [2.75, 3.05) is 14.2 Å². The van der Waals surface area contributed by atoms with Crippen LogP contribution in [0.25, 0.3) is 11.4 Å². The van der Waals surface area contributed by atoms with Crippen LogP contribution in [-0.4, -0.2) is 52.8 Å². The lowest BCUT2D eigenvalue weighted by molar-refractivity contribution is -0.180. The summed E-state index contributed by atoms with van der Waals surface area (Å²) in [6.07, 6.45) is 5.29. The topological polar surface area (TPSA) is 93.6 Å². The number of nitrogens with zero attached hydrogens (tertiary/aromatic N) is 3. The third-order valence-corrected chi connectivity index (χ3v) is 5.64. The fourth-order valence-electron chi connectivity index (χ4n) is 4.23. The number of nitrogens with one attached hydrogen (secondary N) is 1. The van der Waals surface area contributed by atoms with Crippen LogP contribution in [0.4, 0.5) is 4.79 Å². The lowest BCUT2D eigenvalue weighted by atomic mass is 9.78. The first kappa shape index (κ1) is 23.7. The fraction of sp³-hybridized carbons (Fsp3) is 0.500. The minimum absolute atomic E-state index is 0.102. The van der Waals surface area contributed by atoms with E-state index in [0.29, 0.717) is 31.5 Å². The number of aromatic nitrogens is 2. The molecule has 0 bridgehead atoms. The quantitative estimate of drug-likeness (QED) is 0.688. The number of carbonyl (C=O) groups is 2. The molecule has 0 aliphatic heterocycles. The van der Waals surface area contributed by atoms with E-state index in [-0.39, 0.29) is 11.9 Å². The summed E-state index contributed by atoms with van der Waals surface area (Å²) in [5.74, 6) is 0.537. The number of hydrogen-bond donors (Lipinski definition) is 1. The molecule has 1 aromatic carbocycles. The average Bonchev–Trinajstić information content (AvgIpc) is 3.15. The Hall–Kier alpha value is -3.00. The van der Waals surface area contributed by atoms with Crippen molar-refractivity contribution >= 4 is 12.0 Å². The van der Waals surface area contributed by atoms with Crippen molar-refractivity contribution in [2.24, 2.45) is 5.41 Å². The Morgan fingerprint density at radius 3 is 2.59 bits per heavy atom. The molecule has 0 saturated heterocycles. The number of benzene rings is 1. The van der Waals surface area contributed by atoms with Crippen LogP contribution in [-0.2, 0) is 20.8 Å². The molecule has 1 fully saturated rings. The van der Waals surface area contributed by atoms with Gasteiger partial charge >= 0.3 is 6.09 Å². The Bertz CT molecular complexity index is 945. The molecule has 1 aliphatic carbocycles. The zero-order chi connectivity index (χ0) is 23.4. The molecule has 172 valence electrons. The first-order valence-corrected chi connectivity index (χ1v) is 10.8. The van der Waals surface area contributed by atoms with E-state index in [2.05, 4.69) is 15.3 Å². The molecule has 0 unspecified atom stereocenters. The molecular formula is C24H32N4O4. The predicted octanol–water partition coefficient (Wildman–Crippen LogP) is 3.77. The van der Waals surface area contributed by atoms with Crippen molar-refractivity contribution in [1.29, 1.82) is 0 Å². The molecule has 8 nitrogen and oxygen atoms in total. The smallest absolute Gasteiger partial charge is 0.407 e. The number of amides is 2. The molecule has 2 atom stereocenters. The second-order valence-corrected chi connectivity index (χ2v) is 9.30. The first-order chi connectivity index (χ1) is 15.1. The van der Waals surface area contributed by atoms with Crippen LogP contribution in [0.3, 0.4) is 0 Å². The Morgan fingerprint density at radius 1 is 1.22 bits per heavy atom. The van der Waals surface area contributed by atoms with Gasteiger partial charge in [0.05, 0.1) is 12.5 Å². The van der Waals surface area contributed by atoms with Gasteiger partial charge < -0.3 is 10.1 Å². The van der Waals surface area contributed by atoms with Gasteiger partial charge in [-0.25, -0.2) is 19.8 Å². The number of carbonyl (C=O) groups excluding carboxylic acids is 2. The van der Waals surface area contributed by atoms with Gasteiger partial charge in [-0.05, 0) is 64.2 Å². The van der Waals surface area contributed by atoms with Crippen molar-refractivity contribution in [3.05, 3.63) is 48.3 Å². The van der Waals surface area contributed by atoms with Crippen LogP contribution >= 0.6 is 0 Å². The maximum atomic E-state index is 13.4. The summed E-state index contributed by atoms with van der Waals surface area (Å²) >= 11 is 0. The highest BCUT2D eigenvalue weighted by atomic mass is 16.7. The van der Waals surface area contributed by atoms with E-state index in [0.717, 1.165) is 11.1 Å². The number of rotatable bonds is 6. The fourth-order valence-corrected chi connectivity index (χ4v) is 4.23. The summed E-state index contributed by atoms with van der Waals surface area (Å²) in [6.45, 7) is 5.48. The summed E-state index contributed by atoms with van der Waals surface area (Å²) in [4.78, 5) is 39.5. The van der Waals surface area contributed by atoms with E-state index >= 15 is 0 Å². The van der Waals surface area contributed by atoms with Crippen molar-refractivity contribution in [2.45, 2.75) is 58.1 Å². The highest BCUT2D eigenvalue weighted by Gasteiger charge is 2.47. The highest BCUT2D eigenvalue weighted by Crippen LogP contribution is 2.43. The third-order valence-electron chi connectivity index (χ3n) is 5.64. The zero-order valence-electron chi connectivity index (χ0n) is 19.4. The molecule has 3 rings (SSSR count). The van der Waals surface area contributed by atoms with E-state index < -0.39 is 17.1 Å². The van der Waals surface area contributed by atoms with Gasteiger partial charge in [0.2, 0.25) is 0 Å². The summed E-state index contributed by atoms with van der Waals surface area (Å²) in [5, 5.41) is 4.21. The van der Waals surface area contributed by atoms with Gasteiger partial charge in [-0.3, -0.25) is 9.63 Å². The van der Waals surface area contributed by atoms with Gasteiger partial charge in [-0.1, -0.05) is 18.2 Å². The van der Waals surface area contributed by atoms with Crippen molar-refractivity contribution in [3.63, 3.8) is 0 Å². The van der Waals surface area contributed by atoms with Gasteiger partial charge in [0.25, 0.3) is 5.91 Å². The molecule has 1 aromatic heterocycles. The van der Waals surface area contributed by atoms with Crippen LogP contribution in [0, 0.1) is 5.41 Å². The molecule has 1 heterocycles. The lowest BCUT2D eigenvalue weighted by Gasteiger charge is -2.32. The predicted molar refractivity (Wildman–Crippen MR) is 120 cm³/mol. The van der Waals surface area contributed by atoms with Crippen LogP contribution in [0.1, 0.15) is 45.6 Å². The Labute approximate surface area is 189 Å². The third kappa shape index (κ3) is 5.82. The Morgan fingerprint density at radius 2 is 1.94 bits per heavy atom. The number of hydroxylamine groups is 2. The SMILES string of the molecule is CON(C)C(=O)[C@@]1(Cc2cccc(-c3ncccn3)c2)CC[C@H](NC(=O)OC(C)(C)C)C1. The van der Waals surface area contributed by atoms with Crippen molar-refractivity contribution < 1.29 is 19.2 Å². The standard InChI is InChI=1S/C24H32N4O4/c1-23(2,3)32-22(30)27-19-10-11-24(16-19,21(29)28(4)31-5)15-17-8-6-9-18(14-17)20-25-12-7-13-26-20/h6-9,12-14,19H,10-11,15-16H2,1-5H3,(H,27,30)/t19-,24+/m0/s1. The largest absolute Gasteiger partial charge is 0.444 e. The molecule has 0 spiro atoms. The monoisotopic (exact) mass is 440 g/mol. The summed E-state index contributed by atoms with van der Waals surface area (Å²) in [7, 11) is 3.09. The molecule has 1 aliphatic rings. The minimum Gasteiger partial charge on any atom is -0.444 e. The van der Waals surface area contributed by atoms with Crippen LogP contribution < -0.4 is 5.32 Å². The van der Waals surface area contributed by atoms with Gasteiger partial charge in [0.15, 0.2) is 5.82 Å². The van der Waals surface area contributed by atoms with Crippen LogP contribution in [0.5, 0.6) is 0 Å². The van der Waals surface area contributed by atoms with E-state index in [4.69, 9.17) is 9.57 Å². The number of alkyl carbamates (subject to hydrolysis) is 1. The second kappa shape index (κ2) is 9.65. The summed E-state index contributed by atoms with van der Waals surface area (Å²) in [5.41, 5.74) is 0.629. The van der Waals surface area contributed by atoms with Crippen LogP contribution in [0.2, 0.25) is 0 Å². The highest BCUT2D eigenvalue weighted by molar-refractivity contribution is 5.83. The molecule has 1 N–H and O–H groups in total. The van der Waals surface area contributed by atoms with E-state index in [1.54, 1.807) is 25.5 Å². The first-order valence-electron chi connectivity index (χ1n) is 10.8. The van der Waals surface area contributed by atoms with E-state index in [1.165, 1.54) is 12.2 Å². The van der Waals surface area contributed by atoms with E-state index in [1.807, 2.05) is 45.0 Å². The van der Waals surface area contributed by atoms with E-state index in [9.17, 15) is 9.59 Å². The molecular weight excluding hydrogens is 408 g/mol. The second-order valence-electron chi connectivity index (χ2n) is 9.30. The average molecular weight is 441 g/mol. The summed E-state index contributed by atoms with van der Waals surface area (Å²) in [6, 6.07) is 9.55. The molecule has 2 aromatic rings. The van der Waals surface area contributed by atoms with Gasteiger partial charge in [-0.15, -0.1) is 0 Å². The normalized spacial score (nSPS) is 20.6. The van der Waals surface area contributed by atoms with Crippen molar-refractivity contribution in [1.82, 2.24) is 20.3 Å².